The van der Waals surface area contributed by atoms with Gasteiger partial charge in [-0.2, -0.15) is 23.5 Å². The van der Waals surface area contributed by atoms with Crippen molar-refractivity contribution in [2.45, 2.75) is 25.3 Å². The molecule has 2 rings (SSSR count). The molecule has 0 aromatic carbocycles. The van der Waals surface area contributed by atoms with Crippen LogP contribution in [0.4, 0.5) is 10.7 Å². The van der Waals surface area contributed by atoms with Crippen LogP contribution >= 0.6 is 0 Å². The lowest BCUT2D eigenvalue weighted by Crippen LogP contribution is -2.36. The minimum absolute atomic E-state index is 0.0410. The molecule has 30 heavy (non-hydrogen) atoms. The summed E-state index contributed by atoms with van der Waals surface area (Å²) in [5.41, 5.74) is -0.0148. The van der Waals surface area contributed by atoms with Crippen LogP contribution in [0.2, 0.25) is 0 Å². The lowest BCUT2D eigenvalue weighted by molar-refractivity contribution is 0.0520. The first kappa shape index (κ1) is 22.9. The minimum atomic E-state index is -4.51. The van der Waals surface area contributed by atoms with Crippen LogP contribution in [0, 0.1) is 0 Å². The predicted molar refractivity (Wildman–Crippen MR) is 103 cm³/mol. The van der Waals surface area contributed by atoms with Crippen LogP contribution in [0.25, 0.3) is 0 Å². The van der Waals surface area contributed by atoms with Crippen molar-refractivity contribution in [3.63, 3.8) is 0 Å². The summed E-state index contributed by atoms with van der Waals surface area (Å²) in [4.78, 5) is 32.3. The molecule has 2 N–H and O–H groups in total. The Labute approximate surface area is 172 Å². The number of hydrogen-bond donors (Lipinski definition) is 2. The number of urea groups is 1. The van der Waals surface area contributed by atoms with Crippen LogP contribution < -0.4 is 19.5 Å². The number of aromatic nitrogens is 4. The second-order valence-corrected chi connectivity index (χ2v) is 7.26. The predicted octanol–water partition coefficient (Wildman–Crippen LogP) is 0.477. The maximum absolute atomic E-state index is 12.8. The summed E-state index contributed by atoms with van der Waals surface area (Å²) in [6.45, 7) is 3.33. The van der Waals surface area contributed by atoms with Gasteiger partial charge in [-0.1, -0.05) is 6.92 Å². The third-order valence-corrected chi connectivity index (χ3v) is 5.12. The molecule has 2 heterocycles. The highest BCUT2D eigenvalue weighted by Gasteiger charge is 2.33. The van der Waals surface area contributed by atoms with Gasteiger partial charge in [-0.05, 0) is 13.3 Å². The molecule has 13 nitrogen and oxygen atoms in total. The van der Waals surface area contributed by atoms with Crippen LogP contribution in [0.3, 0.4) is 0 Å². The molecule has 0 saturated heterocycles. The first-order valence-corrected chi connectivity index (χ1v) is 10.2. The van der Waals surface area contributed by atoms with E-state index in [0.29, 0.717) is 0 Å². The number of sulfonamides is 1. The number of nitrogens with one attached hydrogen (secondary N) is 2. The number of anilines is 1. The molecule has 14 heteroatoms. The fourth-order valence-corrected chi connectivity index (χ4v) is 3.74. The van der Waals surface area contributed by atoms with Gasteiger partial charge in [-0.15, -0.1) is 0 Å². The quantitative estimate of drug-likeness (QED) is 0.549. The minimum Gasteiger partial charge on any atom is -0.481 e. The van der Waals surface area contributed by atoms with Crippen molar-refractivity contribution < 1.29 is 32.2 Å². The van der Waals surface area contributed by atoms with Gasteiger partial charge in [0.15, 0.2) is 5.03 Å². The Balaban J connectivity index is 2.34. The fourth-order valence-electron chi connectivity index (χ4n) is 2.49. The Morgan fingerprint density at radius 2 is 1.73 bits per heavy atom. The van der Waals surface area contributed by atoms with Gasteiger partial charge >= 0.3 is 12.0 Å². The molecular formula is C16H22N6O7S. The normalized spacial score (nSPS) is 11.0. The number of carbonyl (C=O) groups is 2. The monoisotopic (exact) mass is 442 g/mol. The molecule has 0 radical (unpaired) electrons. The van der Waals surface area contributed by atoms with E-state index in [1.54, 1.807) is 18.6 Å². The third-order valence-electron chi connectivity index (χ3n) is 3.69. The molecule has 0 bridgehead atoms. The van der Waals surface area contributed by atoms with Crippen molar-refractivity contribution in [1.82, 2.24) is 24.5 Å². The lowest BCUT2D eigenvalue weighted by atomic mass is 10.2. The summed E-state index contributed by atoms with van der Waals surface area (Å²) in [6, 6.07) is 0.201. The van der Waals surface area contributed by atoms with Gasteiger partial charge in [0.05, 0.1) is 32.6 Å². The van der Waals surface area contributed by atoms with Crippen LogP contribution in [0.1, 0.15) is 29.9 Å². The summed E-state index contributed by atoms with van der Waals surface area (Å²) in [6.07, 6.45) is 0.279. The lowest BCUT2D eigenvalue weighted by Gasteiger charge is -2.11. The Morgan fingerprint density at radius 3 is 2.23 bits per heavy atom. The molecule has 0 aliphatic rings. The number of hydrogen-bond acceptors (Lipinski definition) is 10. The number of ether oxygens (including phenoxy) is 3. The number of esters is 1. The molecule has 0 atom stereocenters. The zero-order valence-electron chi connectivity index (χ0n) is 17.0. The standard InChI is InChI=1S/C16H22N6O7S/c1-6-9-12(14(23)29-7-2)13(22(3)20-9)30(25,26)21-16(24)19-15-17-10(27-4)8-11(18-15)28-5/h8H,6-7H2,1-5H3,(H2,17,18,19,21,24). The number of methoxy groups -OCH3 is 2. The largest absolute Gasteiger partial charge is 0.481 e. The highest BCUT2D eigenvalue weighted by Crippen LogP contribution is 2.21. The maximum Gasteiger partial charge on any atom is 0.343 e. The molecule has 0 aliphatic heterocycles. The molecule has 2 aromatic heterocycles. The van der Waals surface area contributed by atoms with E-state index in [9.17, 15) is 18.0 Å². The number of nitrogens with zero attached hydrogens (tertiary/aromatic N) is 4. The van der Waals surface area contributed by atoms with E-state index in [0.717, 1.165) is 4.68 Å². The first-order valence-electron chi connectivity index (χ1n) is 8.70. The summed E-state index contributed by atoms with van der Waals surface area (Å²) in [5.74, 6) is -0.944. The zero-order chi connectivity index (χ0) is 22.5. The van der Waals surface area contributed by atoms with Gasteiger partial charge < -0.3 is 14.2 Å². The molecule has 0 spiro atoms. The van der Waals surface area contributed by atoms with Gasteiger partial charge in [0, 0.05) is 7.05 Å². The molecule has 0 unspecified atom stereocenters. The van der Waals surface area contributed by atoms with E-state index < -0.39 is 27.0 Å². The van der Waals surface area contributed by atoms with Crippen LogP contribution in [0.15, 0.2) is 11.1 Å². The van der Waals surface area contributed by atoms with E-state index >= 15 is 0 Å². The van der Waals surface area contributed by atoms with Crippen molar-refractivity contribution in [2.24, 2.45) is 7.05 Å². The summed E-state index contributed by atoms with van der Waals surface area (Å²) >= 11 is 0. The number of rotatable bonds is 8. The molecule has 2 amide bonds. The van der Waals surface area contributed by atoms with Crippen molar-refractivity contribution in [1.29, 1.82) is 0 Å². The molecule has 0 fully saturated rings. The summed E-state index contributed by atoms with van der Waals surface area (Å²) in [5, 5.41) is 5.71. The van der Waals surface area contributed by atoms with Crippen LogP contribution in [0.5, 0.6) is 11.8 Å². The average Bonchev–Trinajstić information content (AvgIpc) is 3.04. The average molecular weight is 442 g/mol. The zero-order valence-corrected chi connectivity index (χ0v) is 17.9. The third kappa shape index (κ3) is 4.94. The second kappa shape index (κ2) is 9.39. The van der Waals surface area contributed by atoms with E-state index in [-0.39, 0.29) is 42.0 Å². The Morgan fingerprint density at radius 1 is 1.13 bits per heavy atom. The summed E-state index contributed by atoms with van der Waals surface area (Å²) in [7, 11) is -0.472. The second-order valence-electron chi connectivity index (χ2n) is 5.66. The molecule has 0 saturated carbocycles. The van der Waals surface area contributed by atoms with Gasteiger partial charge in [-0.3, -0.25) is 10.00 Å². The number of aryl methyl sites for hydroxylation is 2. The summed E-state index contributed by atoms with van der Waals surface area (Å²) < 4.78 is 43.3. The molecule has 2 aromatic rings. The molecule has 164 valence electrons. The Kier molecular flexibility index (Phi) is 7.15. The van der Waals surface area contributed by atoms with Crippen LogP contribution in [-0.4, -0.2) is 61.0 Å². The van der Waals surface area contributed by atoms with E-state index in [4.69, 9.17) is 14.2 Å². The molecular weight excluding hydrogens is 420 g/mol. The van der Waals surface area contributed by atoms with Crippen molar-refractivity contribution in [2.75, 3.05) is 26.1 Å². The van der Waals surface area contributed by atoms with E-state index in [1.807, 2.05) is 0 Å². The van der Waals surface area contributed by atoms with Crippen LogP contribution in [-0.2, 0) is 28.2 Å². The van der Waals surface area contributed by atoms with E-state index in [1.165, 1.54) is 27.3 Å². The topological polar surface area (TPSA) is 164 Å². The first-order chi connectivity index (χ1) is 14.2. The van der Waals surface area contributed by atoms with Gasteiger partial charge in [0.1, 0.15) is 5.56 Å². The molecule has 0 aliphatic carbocycles. The van der Waals surface area contributed by atoms with Crippen molar-refractivity contribution >= 4 is 28.0 Å². The van der Waals surface area contributed by atoms with Gasteiger partial charge in [0.25, 0.3) is 10.0 Å². The Bertz CT molecular complexity index is 1030. The maximum atomic E-state index is 12.8. The highest BCUT2D eigenvalue weighted by molar-refractivity contribution is 7.90. The smallest absolute Gasteiger partial charge is 0.343 e. The van der Waals surface area contributed by atoms with Crippen molar-refractivity contribution in [3.8, 4) is 11.8 Å². The van der Waals surface area contributed by atoms with E-state index in [2.05, 4.69) is 20.4 Å². The fraction of sp³-hybridized carbons (Fsp3) is 0.438. The number of carbonyl (C=O) groups excluding carboxylic acids is 2. The Hall–Kier alpha value is -3.42. The van der Waals surface area contributed by atoms with Crippen molar-refractivity contribution in [3.05, 3.63) is 17.3 Å². The highest BCUT2D eigenvalue weighted by atomic mass is 32.2. The number of amides is 2. The van der Waals surface area contributed by atoms with Gasteiger partial charge in [-0.25, -0.2) is 14.3 Å². The van der Waals surface area contributed by atoms with Gasteiger partial charge in [0.2, 0.25) is 17.7 Å². The SMILES string of the molecule is CCOC(=O)c1c(CC)nn(C)c1S(=O)(=O)NC(=O)Nc1nc(OC)cc(OC)n1.